The van der Waals surface area contributed by atoms with E-state index in [1.807, 2.05) is 0 Å². The van der Waals surface area contributed by atoms with E-state index in [2.05, 4.69) is 0 Å². The summed E-state index contributed by atoms with van der Waals surface area (Å²) >= 11 is 5.77. The van der Waals surface area contributed by atoms with Crippen molar-refractivity contribution in [1.29, 1.82) is 0 Å². The Kier molecular flexibility index (Phi) is 3.68. The van der Waals surface area contributed by atoms with Gasteiger partial charge in [-0.25, -0.2) is 0 Å². The smallest absolute Gasteiger partial charge is 0.150 e. The van der Waals surface area contributed by atoms with Crippen molar-refractivity contribution >= 4 is 24.0 Å². The van der Waals surface area contributed by atoms with Gasteiger partial charge in [0.1, 0.15) is 0 Å². The van der Waals surface area contributed by atoms with Crippen LogP contribution in [0.5, 0.6) is 0 Å². The van der Waals surface area contributed by atoms with Gasteiger partial charge in [0.15, 0.2) is 6.29 Å². The number of hydrogen-bond donors (Lipinski definition) is 1. The molecule has 1 rings (SSSR count). The molecule has 0 bridgehead atoms. The Morgan fingerprint density at radius 3 is 2.77 bits per heavy atom. The zero-order valence-corrected chi connectivity index (χ0v) is 7.79. The Hall–Kier alpha value is -1.12. The number of halogens is 1. The average Bonchev–Trinajstić information content (AvgIpc) is 2.15. The van der Waals surface area contributed by atoms with Crippen LogP contribution in [0.2, 0.25) is 5.02 Å². The van der Waals surface area contributed by atoms with Gasteiger partial charge in [-0.1, -0.05) is 23.8 Å². The van der Waals surface area contributed by atoms with Crippen LogP contribution in [0.15, 0.2) is 24.3 Å². The molecule has 2 N–H and O–H groups in total. The largest absolute Gasteiger partial charge is 0.327 e. The Balaban J connectivity index is 3.08. The van der Waals surface area contributed by atoms with Gasteiger partial charge in [0.2, 0.25) is 0 Å². The summed E-state index contributed by atoms with van der Waals surface area (Å²) in [7, 11) is 0. The molecule has 3 heteroatoms. The minimum atomic E-state index is 0.449. The van der Waals surface area contributed by atoms with Crippen LogP contribution < -0.4 is 5.73 Å². The van der Waals surface area contributed by atoms with E-state index in [0.29, 0.717) is 17.1 Å². The maximum absolute atomic E-state index is 10.6. The maximum atomic E-state index is 10.6. The lowest BCUT2D eigenvalue weighted by atomic mass is 10.1. The number of benzene rings is 1. The first kappa shape index (κ1) is 9.96. The maximum Gasteiger partial charge on any atom is 0.150 e. The van der Waals surface area contributed by atoms with E-state index in [1.54, 1.807) is 30.4 Å². The molecule has 0 amide bonds. The third kappa shape index (κ3) is 2.68. The third-order valence-corrected chi connectivity index (χ3v) is 1.84. The number of nitrogens with two attached hydrogens (primary N) is 1. The molecule has 68 valence electrons. The number of rotatable bonds is 3. The quantitative estimate of drug-likeness (QED) is 0.751. The van der Waals surface area contributed by atoms with Crippen LogP contribution in [0.3, 0.4) is 0 Å². The van der Waals surface area contributed by atoms with Gasteiger partial charge >= 0.3 is 0 Å². The van der Waals surface area contributed by atoms with Crippen LogP contribution in [0, 0.1) is 0 Å². The Morgan fingerprint density at radius 2 is 2.15 bits per heavy atom. The summed E-state index contributed by atoms with van der Waals surface area (Å²) in [5.41, 5.74) is 6.72. The Morgan fingerprint density at radius 1 is 1.38 bits per heavy atom. The zero-order chi connectivity index (χ0) is 9.68. The second kappa shape index (κ2) is 4.80. The monoisotopic (exact) mass is 195 g/mol. The van der Waals surface area contributed by atoms with Gasteiger partial charge in [-0.05, 0) is 23.8 Å². The highest BCUT2D eigenvalue weighted by Crippen LogP contribution is 2.15. The number of carbonyl (C=O) groups is 1. The summed E-state index contributed by atoms with van der Waals surface area (Å²) < 4.78 is 0. The predicted octanol–water partition coefficient (Wildman–Crippen LogP) is 2.12. The SMILES string of the molecule is NCC=Cc1cc(Cl)ccc1C=O. The second-order valence-corrected chi connectivity index (χ2v) is 2.97. The summed E-state index contributed by atoms with van der Waals surface area (Å²) in [5.74, 6) is 0. The Labute approximate surface area is 82.0 Å². The van der Waals surface area contributed by atoms with Crippen molar-refractivity contribution in [3.8, 4) is 0 Å². The van der Waals surface area contributed by atoms with Gasteiger partial charge in [0, 0.05) is 17.1 Å². The van der Waals surface area contributed by atoms with Crippen LogP contribution in [0.4, 0.5) is 0 Å². The molecule has 0 aliphatic carbocycles. The third-order valence-electron chi connectivity index (χ3n) is 1.61. The van der Waals surface area contributed by atoms with Crippen LogP contribution in [0.1, 0.15) is 15.9 Å². The van der Waals surface area contributed by atoms with E-state index in [-0.39, 0.29) is 0 Å². The Bertz CT molecular complexity index is 334. The van der Waals surface area contributed by atoms with Crippen molar-refractivity contribution in [1.82, 2.24) is 0 Å². The summed E-state index contributed by atoms with van der Waals surface area (Å²) in [4.78, 5) is 10.6. The molecule has 0 fully saturated rings. The van der Waals surface area contributed by atoms with Crippen LogP contribution in [-0.4, -0.2) is 12.8 Å². The van der Waals surface area contributed by atoms with Crippen LogP contribution in [-0.2, 0) is 0 Å². The molecular weight excluding hydrogens is 186 g/mol. The van der Waals surface area contributed by atoms with Gasteiger partial charge in [0.25, 0.3) is 0 Å². The molecule has 0 spiro atoms. The van der Waals surface area contributed by atoms with Gasteiger partial charge < -0.3 is 5.73 Å². The molecule has 0 unspecified atom stereocenters. The van der Waals surface area contributed by atoms with Gasteiger partial charge in [-0.3, -0.25) is 4.79 Å². The van der Waals surface area contributed by atoms with E-state index in [9.17, 15) is 4.79 Å². The van der Waals surface area contributed by atoms with E-state index in [1.165, 1.54) is 0 Å². The molecule has 2 nitrogen and oxygen atoms in total. The fourth-order valence-corrected chi connectivity index (χ4v) is 1.17. The van der Waals surface area contributed by atoms with Crippen molar-refractivity contribution < 1.29 is 4.79 Å². The summed E-state index contributed by atoms with van der Waals surface area (Å²) in [5, 5.41) is 0.613. The average molecular weight is 196 g/mol. The summed E-state index contributed by atoms with van der Waals surface area (Å²) in [6, 6.07) is 5.11. The molecule has 0 heterocycles. The molecule has 0 saturated carbocycles. The summed E-state index contributed by atoms with van der Waals surface area (Å²) in [6.07, 6.45) is 4.36. The molecule has 13 heavy (non-hydrogen) atoms. The van der Waals surface area contributed by atoms with Gasteiger partial charge in [0.05, 0.1) is 0 Å². The van der Waals surface area contributed by atoms with E-state index < -0.39 is 0 Å². The molecule has 1 aromatic carbocycles. The lowest BCUT2D eigenvalue weighted by Crippen LogP contribution is -1.93. The van der Waals surface area contributed by atoms with Crippen molar-refractivity contribution in [3.05, 3.63) is 40.4 Å². The van der Waals surface area contributed by atoms with Crippen molar-refractivity contribution in [2.45, 2.75) is 0 Å². The minimum Gasteiger partial charge on any atom is -0.327 e. The second-order valence-electron chi connectivity index (χ2n) is 2.53. The fraction of sp³-hybridized carbons (Fsp3) is 0.100. The van der Waals surface area contributed by atoms with E-state index in [4.69, 9.17) is 17.3 Å². The van der Waals surface area contributed by atoms with Crippen molar-refractivity contribution in [2.75, 3.05) is 6.54 Å². The first-order valence-corrected chi connectivity index (χ1v) is 4.27. The molecule has 0 atom stereocenters. The van der Waals surface area contributed by atoms with E-state index >= 15 is 0 Å². The highest BCUT2D eigenvalue weighted by molar-refractivity contribution is 6.30. The van der Waals surface area contributed by atoms with E-state index in [0.717, 1.165) is 11.8 Å². The van der Waals surface area contributed by atoms with Crippen LogP contribution in [0.25, 0.3) is 6.08 Å². The molecule has 0 aromatic heterocycles. The van der Waals surface area contributed by atoms with Gasteiger partial charge in [-0.2, -0.15) is 0 Å². The lowest BCUT2D eigenvalue weighted by molar-refractivity contribution is 0.112. The van der Waals surface area contributed by atoms with Gasteiger partial charge in [-0.15, -0.1) is 0 Å². The van der Waals surface area contributed by atoms with Crippen molar-refractivity contribution in [3.63, 3.8) is 0 Å². The zero-order valence-electron chi connectivity index (χ0n) is 7.03. The highest BCUT2D eigenvalue weighted by Gasteiger charge is 1.98. The number of carbonyl (C=O) groups excluding carboxylic acids is 1. The first-order valence-electron chi connectivity index (χ1n) is 3.89. The molecule has 0 radical (unpaired) electrons. The molecule has 0 aliphatic rings. The standard InChI is InChI=1S/C10H10ClNO/c11-10-4-3-9(7-13)8(6-10)2-1-5-12/h1-4,6-7H,5,12H2. The predicted molar refractivity (Wildman–Crippen MR) is 54.9 cm³/mol. The fourth-order valence-electron chi connectivity index (χ4n) is 0.992. The first-order chi connectivity index (χ1) is 6.27. The number of aldehydes is 1. The topological polar surface area (TPSA) is 43.1 Å². The van der Waals surface area contributed by atoms with Crippen LogP contribution >= 0.6 is 11.6 Å². The number of hydrogen-bond acceptors (Lipinski definition) is 2. The van der Waals surface area contributed by atoms with Crippen molar-refractivity contribution in [2.24, 2.45) is 5.73 Å². The lowest BCUT2D eigenvalue weighted by Gasteiger charge is -1.98. The summed E-state index contributed by atoms with van der Waals surface area (Å²) in [6.45, 7) is 0.449. The molecule has 0 saturated heterocycles. The molecule has 0 aliphatic heterocycles. The molecular formula is C10H10ClNO. The highest BCUT2D eigenvalue weighted by atomic mass is 35.5. The minimum absolute atomic E-state index is 0.449. The molecule has 1 aromatic rings. The normalized spacial score (nSPS) is 10.6.